The summed E-state index contributed by atoms with van der Waals surface area (Å²) in [6, 6.07) is 11.3. The Morgan fingerprint density at radius 2 is 2.00 bits per heavy atom. The molecule has 0 fully saturated rings. The van der Waals surface area contributed by atoms with Crippen molar-refractivity contribution >= 4 is 22.9 Å². The molecule has 2 aromatic heterocycles. The van der Waals surface area contributed by atoms with Gasteiger partial charge in [0.25, 0.3) is 0 Å². The van der Waals surface area contributed by atoms with E-state index >= 15 is 0 Å². The molecule has 0 saturated heterocycles. The van der Waals surface area contributed by atoms with Gasteiger partial charge in [0, 0.05) is 11.0 Å². The fraction of sp³-hybridized carbons (Fsp3) is 0.143. The molecule has 1 aromatic carbocycles. The number of benzene rings is 1. The molecule has 0 saturated carbocycles. The summed E-state index contributed by atoms with van der Waals surface area (Å²) in [6.07, 6.45) is 2.04. The van der Waals surface area contributed by atoms with Gasteiger partial charge in [-0.05, 0) is 31.4 Å². The third-order valence-corrected chi connectivity index (χ3v) is 3.82. The fourth-order valence-electron chi connectivity index (χ4n) is 2.21. The summed E-state index contributed by atoms with van der Waals surface area (Å²) < 4.78 is 1.99. The van der Waals surface area contributed by atoms with E-state index in [9.17, 15) is 4.79 Å². The van der Waals surface area contributed by atoms with E-state index in [4.69, 9.17) is 0 Å². The molecular formula is C14H13N3OS. The average Bonchev–Trinajstić information content (AvgIpc) is 2.74. The number of aromatic amines is 1. The van der Waals surface area contributed by atoms with Crippen molar-refractivity contribution in [1.29, 1.82) is 0 Å². The lowest BCUT2D eigenvalue weighted by molar-refractivity contribution is 0.962. The van der Waals surface area contributed by atoms with Gasteiger partial charge in [-0.3, -0.25) is 9.36 Å². The van der Waals surface area contributed by atoms with Gasteiger partial charge in [-0.2, -0.15) is 0 Å². The minimum absolute atomic E-state index is 0.115. The smallest absolute Gasteiger partial charge is 0.249 e. The molecular weight excluding hydrogens is 258 g/mol. The van der Waals surface area contributed by atoms with Crippen LogP contribution in [0.5, 0.6) is 0 Å². The minimum Gasteiger partial charge on any atom is -0.306 e. The molecule has 4 nitrogen and oxygen atoms in total. The van der Waals surface area contributed by atoms with E-state index in [-0.39, 0.29) is 5.56 Å². The maximum absolute atomic E-state index is 11.5. The van der Waals surface area contributed by atoms with Crippen molar-refractivity contribution in [1.82, 2.24) is 14.5 Å². The van der Waals surface area contributed by atoms with E-state index < -0.39 is 0 Å². The van der Waals surface area contributed by atoms with Crippen LogP contribution in [0.25, 0.3) is 16.9 Å². The summed E-state index contributed by atoms with van der Waals surface area (Å²) in [5, 5.41) is 0. The monoisotopic (exact) mass is 271 g/mol. The predicted molar refractivity (Wildman–Crippen MR) is 78.2 cm³/mol. The third-order valence-electron chi connectivity index (χ3n) is 3.03. The number of aromatic nitrogens is 3. The highest BCUT2D eigenvalue weighted by atomic mass is 32.2. The molecule has 0 amide bonds. The molecule has 1 N–H and O–H groups in total. The van der Waals surface area contributed by atoms with Crippen LogP contribution >= 0.6 is 11.8 Å². The quantitative estimate of drug-likeness (QED) is 0.729. The van der Waals surface area contributed by atoms with Crippen molar-refractivity contribution in [2.45, 2.75) is 11.8 Å². The Morgan fingerprint density at radius 3 is 2.79 bits per heavy atom. The second kappa shape index (κ2) is 4.59. The van der Waals surface area contributed by atoms with Crippen LogP contribution in [0, 0.1) is 6.92 Å². The van der Waals surface area contributed by atoms with E-state index in [0.717, 1.165) is 27.6 Å². The number of aryl methyl sites for hydroxylation is 1. The van der Waals surface area contributed by atoms with Gasteiger partial charge >= 0.3 is 0 Å². The zero-order valence-corrected chi connectivity index (χ0v) is 11.5. The second-order valence-electron chi connectivity index (χ2n) is 4.22. The number of H-pyrrole nitrogens is 1. The first-order chi connectivity index (χ1) is 9.20. The Bertz CT molecular complexity index is 804. The van der Waals surface area contributed by atoms with Gasteiger partial charge in [-0.15, -0.1) is 11.8 Å². The van der Waals surface area contributed by atoms with Crippen LogP contribution in [0.15, 0.2) is 46.1 Å². The van der Waals surface area contributed by atoms with Crippen molar-refractivity contribution in [3.8, 4) is 5.69 Å². The highest BCUT2D eigenvalue weighted by Crippen LogP contribution is 2.27. The zero-order chi connectivity index (χ0) is 13.4. The van der Waals surface area contributed by atoms with Crippen LogP contribution in [-0.2, 0) is 0 Å². The van der Waals surface area contributed by atoms with E-state index in [1.54, 1.807) is 17.8 Å². The number of para-hydroxylation sites is 1. The maximum Gasteiger partial charge on any atom is 0.249 e. The first kappa shape index (κ1) is 12.0. The number of hydrogen-bond acceptors (Lipinski definition) is 3. The Hall–Kier alpha value is -2.01. The van der Waals surface area contributed by atoms with Gasteiger partial charge in [0.2, 0.25) is 5.56 Å². The molecule has 0 atom stereocenters. The van der Waals surface area contributed by atoms with Gasteiger partial charge < -0.3 is 4.98 Å². The molecule has 5 heteroatoms. The molecule has 0 aliphatic heterocycles. The molecule has 0 unspecified atom stereocenters. The van der Waals surface area contributed by atoms with Crippen LogP contribution in [-0.4, -0.2) is 20.8 Å². The first-order valence-electron chi connectivity index (χ1n) is 5.92. The standard InChI is InChI=1S/C14H13N3OS/c1-9-15-10-7-8-13(18)16-14(10)17(9)11-5-3-4-6-12(11)19-2/h3-8H,1-2H3,(H,16,18). The minimum atomic E-state index is -0.115. The summed E-state index contributed by atoms with van der Waals surface area (Å²) in [4.78, 5) is 20.0. The first-order valence-corrected chi connectivity index (χ1v) is 7.15. The highest BCUT2D eigenvalue weighted by molar-refractivity contribution is 7.98. The number of rotatable bonds is 2. The van der Waals surface area contributed by atoms with Gasteiger partial charge in [-0.1, -0.05) is 12.1 Å². The van der Waals surface area contributed by atoms with Gasteiger partial charge in [-0.25, -0.2) is 4.98 Å². The number of fused-ring (bicyclic) bond motifs is 1. The molecule has 0 bridgehead atoms. The summed E-state index contributed by atoms with van der Waals surface area (Å²) in [7, 11) is 0. The molecule has 96 valence electrons. The van der Waals surface area contributed by atoms with Crippen molar-refractivity contribution in [3.05, 3.63) is 52.6 Å². The lowest BCUT2D eigenvalue weighted by Gasteiger charge is -2.10. The Labute approximate surface area is 114 Å². The van der Waals surface area contributed by atoms with Crippen molar-refractivity contribution in [2.24, 2.45) is 0 Å². The Kier molecular flexibility index (Phi) is 2.91. The molecule has 3 aromatic rings. The summed E-state index contributed by atoms with van der Waals surface area (Å²) in [5.41, 5.74) is 2.46. The van der Waals surface area contributed by atoms with Gasteiger partial charge in [0.05, 0.1) is 5.69 Å². The summed E-state index contributed by atoms with van der Waals surface area (Å²) in [5.74, 6) is 0.860. The van der Waals surface area contributed by atoms with Crippen LogP contribution in [0.1, 0.15) is 5.82 Å². The Balaban J connectivity index is 2.38. The van der Waals surface area contributed by atoms with E-state index in [1.807, 2.05) is 35.9 Å². The molecule has 0 spiro atoms. The van der Waals surface area contributed by atoms with Gasteiger partial charge in [0.15, 0.2) is 0 Å². The van der Waals surface area contributed by atoms with Crippen LogP contribution in [0.2, 0.25) is 0 Å². The van der Waals surface area contributed by atoms with E-state index in [0.29, 0.717) is 0 Å². The lowest BCUT2D eigenvalue weighted by atomic mass is 10.3. The molecule has 0 aliphatic rings. The molecule has 19 heavy (non-hydrogen) atoms. The third kappa shape index (κ3) is 1.96. The topological polar surface area (TPSA) is 50.7 Å². The van der Waals surface area contributed by atoms with E-state index in [1.165, 1.54) is 6.07 Å². The summed E-state index contributed by atoms with van der Waals surface area (Å²) in [6.45, 7) is 1.94. The number of thioether (sulfide) groups is 1. The fourth-order valence-corrected chi connectivity index (χ4v) is 2.80. The number of hydrogen-bond donors (Lipinski definition) is 1. The summed E-state index contributed by atoms with van der Waals surface area (Å²) >= 11 is 1.67. The maximum atomic E-state index is 11.5. The molecule has 3 rings (SSSR count). The van der Waals surface area contributed by atoms with E-state index in [2.05, 4.69) is 16.0 Å². The molecule has 2 heterocycles. The number of pyridine rings is 1. The largest absolute Gasteiger partial charge is 0.306 e. The van der Waals surface area contributed by atoms with Crippen molar-refractivity contribution < 1.29 is 0 Å². The molecule has 0 radical (unpaired) electrons. The lowest BCUT2D eigenvalue weighted by Crippen LogP contribution is -2.06. The average molecular weight is 271 g/mol. The number of nitrogens with one attached hydrogen (secondary N) is 1. The Morgan fingerprint density at radius 1 is 1.21 bits per heavy atom. The predicted octanol–water partition coefficient (Wildman–Crippen LogP) is 2.74. The SMILES string of the molecule is CSc1ccccc1-n1c(C)nc2ccc(=O)[nH]c21. The van der Waals surface area contributed by atoms with Crippen molar-refractivity contribution in [2.75, 3.05) is 6.26 Å². The van der Waals surface area contributed by atoms with Gasteiger partial charge in [0.1, 0.15) is 17.0 Å². The number of imidazole rings is 1. The zero-order valence-electron chi connectivity index (χ0n) is 10.7. The molecule has 0 aliphatic carbocycles. The number of nitrogens with zero attached hydrogens (tertiary/aromatic N) is 2. The highest BCUT2D eigenvalue weighted by Gasteiger charge is 2.12. The second-order valence-corrected chi connectivity index (χ2v) is 5.07. The van der Waals surface area contributed by atoms with Crippen molar-refractivity contribution in [3.63, 3.8) is 0 Å². The normalized spacial score (nSPS) is 11.1. The van der Waals surface area contributed by atoms with Crippen LogP contribution in [0.3, 0.4) is 0 Å². The van der Waals surface area contributed by atoms with Crippen LogP contribution < -0.4 is 5.56 Å². The van der Waals surface area contributed by atoms with Crippen LogP contribution in [0.4, 0.5) is 0 Å².